The lowest BCUT2D eigenvalue weighted by atomic mass is 10.3. The summed E-state index contributed by atoms with van der Waals surface area (Å²) in [7, 11) is 0. The molecule has 1 N–H and O–H groups in total. The molecule has 1 aliphatic rings. The number of fused-ring (bicyclic) bond motifs is 1. The summed E-state index contributed by atoms with van der Waals surface area (Å²) in [5.41, 5.74) is 1.45. The van der Waals surface area contributed by atoms with Gasteiger partial charge in [0.25, 0.3) is 5.56 Å². The first kappa shape index (κ1) is 10.9. The topological polar surface area (TPSA) is 71.8 Å². The van der Waals surface area contributed by atoms with Crippen LogP contribution in [0.15, 0.2) is 20.9 Å². The minimum absolute atomic E-state index is 0.116. The summed E-state index contributed by atoms with van der Waals surface area (Å²) in [4.78, 5) is 24.5. The van der Waals surface area contributed by atoms with Gasteiger partial charge in [0.15, 0.2) is 11.7 Å². The fourth-order valence-corrected chi connectivity index (χ4v) is 3.05. The van der Waals surface area contributed by atoms with Gasteiger partial charge in [-0.25, -0.2) is 9.97 Å². The molecule has 0 spiro atoms. The molecule has 1 saturated carbocycles. The lowest BCUT2D eigenvalue weighted by Gasteiger charge is -1.96. The molecule has 0 amide bonds. The van der Waals surface area contributed by atoms with Crippen molar-refractivity contribution >= 4 is 21.6 Å². The Balaban J connectivity index is 1.87. The number of hydrogen-bond donors (Lipinski definition) is 1. The predicted molar refractivity (Wildman–Crippen MR) is 72.4 cm³/mol. The zero-order valence-electron chi connectivity index (χ0n) is 10.3. The van der Waals surface area contributed by atoms with Crippen molar-refractivity contribution in [1.29, 1.82) is 0 Å². The van der Waals surface area contributed by atoms with E-state index >= 15 is 0 Å². The van der Waals surface area contributed by atoms with Crippen LogP contribution in [0.4, 0.5) is 0 Å². The molecule has 3 aromatic rings. The van der Waals surface area contributed by atoms with Crippen LogP contribution in [0.2, 0.25) is 0 Å². The highest BCUT2D eigenvalue weighted by Gasteiger charge is 2.29. The summed E-state index contributed by atoms with van der Waals surface area (Å²) in [6.07, 6.45) is 3.83. The van der Waals surface area contributed by atoms with Gasteiger partial charge in [-0.15, -0.1) is 11.3 Å². The number of thiophene rings is 1. The minimum Gasteiger partial charge on any atom is -0.448 e. The highest BCUT2D eigenvalue weighted by atomic mass is 32.1. The Bertz CT molecular complexity index is 826. The molecule has 19 heavy (non-hydrogen) atoms. The lowest BCUT2D eigenvalue weighted by Crippen LogP contribution is -2.09. The van der Waals surface area contributed by atoms with Crippen LogP contribution in [0.5, 0.6) is 0 Å². The highest BCUT2D eigenvalue weighted by molar-refractivity contribution is 7.16. The van der Waals surface area contributed by atoms with Crippen molar-refractivity contribution in [2.75, 3.05) is 0 Å². The SMILES string of the molecule is Cc1csc2nc(-c3coc(C4CC4)n3)[nH]c(=O)c12. The fraction of sp³-hybridized carbons (Fsp3) is 0.308. The van der Waals surface area contributed by atoms with E-state index < -0.39 is 0 Å². The molecule has 96 valence electrons. The zero-order chi connectivity index (χ0) is 13.0. The van der Waals surface area contributed by atoms with Crippen LogP contribution < -0.4 is 5.56 Å². The summed E-state index contributed by atoms with van der Waals surface area (Å²) in [6, 6.07) is 0. The van der Waals surface area contributed by atoms with Gasteiger partial charge < -0.3 is 9.40 Å². The molecule has 0 atom stereocenters. The number of oxazole rings is 1. The Kier molecular flexibility index (Phi) is 2.17. The normalized spacial score (nSPS) is 15.2. The number of nitrogens with zero attached hydrogens (tertiary/aromatic N) is 2. The number of aromatic nitrogens is 3. The number of hydrogen-bond acceptors (Lipinski definition) is 5. The number of aryl methyl sites for hydroxylation is 1. The van der Waals surface area contributed by atoms with Gasteiger partial charge in [-0.1, -0.05) is 0 Å². The molecular weight excluding hydrogens is 262 g/mol. The van der Waals surface area contributed by atoms with E-state index in [1.165, 1.54) is 11.3 Å². The summed E-state index contributed by atoms with van der Waals surface area (Å²) >= 11 is 1.47. The zero-order valence-corrected chi connectivity index (χ0v) is 11.1. The summed E-state index contributed by atoms with van der Waals surface area (Å²) in [6.45, 7) is 1.91. The second-order valence-corrected chi connectivity index (χ2v) is 5.72. The van der Waals surface area contributed by atoms with Crippen LogP contribution in [-0.4, -0.2) is 15.0 Å². The van der Waals surface area contributed by atoms with E-state index in [0.717, 1.165) is 29.1 Å². The van der Waals surface area contributed by atoms with Crippen LogP contribution in [0, 0.1) is 6.92 Å². The molecular formula is C13H11N3O2S. The predicted octanol–water partition coefficient (Wildman–Crippen LogP) is 2.83. The molecule has 0 radical (unpaired) electrons. The van der Waals surface area contributed by atoms with Crippen molar-refractivity contribution in [3.8, 4) is 11.5 Å². The minimum atomic E-state index is -0.116. The van der Waals surface area contributed by atoms with Crippen molar-refractivity contribution in [2.45, 2.75) is 25.7 Å². The molecule has 0 aliphatic heterocycles. The van der Waals surface area contributed by atoms with Gasteiger partial charge in [-0.2, -0.15) is 0 Å². The standard InChI is InChI=1S/C13H11N3O2S/c1-6-5-19-13-9(6)11(17)15-10(16-13)8-4-18-12(14-8)7-2-3-7/h4-5,7H,2-3H2,1H3,(H,15,16,17). The molecule has 0 saturated heterocycles. The number of aromatic amines is 1. The maximum Gasteiger partial charge on any atom is 0.260 e. The molecule has 0 unspecified atom stereocenters. The molecule has 3 heterocycles. The fourth-order valence-electron chi connectivity index (χ4n) is 2.12. The van der Waals surface area contributed by atoms with Crippen LogP contribution in [0.3, 0.4) is 0 Å². The third kappa shape index (κ3) is 1.71. The van der Waals surface area contributed by atoms with Crippen LogP contribution >= 0.6 is 11.3 Å². The Morgan fingerprint density at radius 1 is 1.42 bits per heavy atom. The lowest BCUT2D eigenvalue weighted by molar-refractivity contribution is 0.497. The Morgan fingerprint density at radius 2 is 2.26 bits per heavy atom. The van der Waals surface area contributed by atoms with Gasteiger partial charge in [0, 0.05) is 5.92 Å². The monoisotopic (exact) mass is 273 g/mol. The smallest absolute Gasteiger partial charge is 0.260 e. The molecule has 1 aliphatic carbocycles. The second kappa shape index (κ2) is 3.77. The molecule has 0 aromatic carbocycles. The van der Waals surface area contributed by atoms with E-state index in [-0.39, 0.29) is 5.56 Å². The molecule has 3 aromatic heterocycles. The molecule has 5 nitrogen and oxygen atoms in total. The summed E-state index contributed by atoms with van der Waals surface area (Å²) in [5, 5.41) is 2.61. The van der Waals surface area contributed by atoms with E-state index in [9.17, 15) is 4.79 Å². The maximum atomic E-state index is 12.1. The molecule has 6 heteroatoms. The maximum absolute atomic E-state index is 12.1. The number of H-pyrrole nitrogens is 1. The van der Waals surface area contributed by atoms with Crippen LogP contribution in [-0.2, 0) is 0 Å². The van der Waals surface area contributed by atoms with Gasteiger partial charge in [-0.3, -0.25) is 4.79 Å². The first-order valence-electron chi connectivity index (χ1n) is 6.16. The first-order valence-corrected chi connectivity index (χ1v) is 7.04. The van der Waals surface area contributed by atoms with Gasteiger partial charge in [0.1, 0.15) is 16.8 Å². The first-order chi connectivity index (χ1) is 9.22. The van der Waals surface area contributed by atoms with Crippen molar-refractivity contribution in [3.63, 3.8) is 0 Å². The van der Waals surface area contributed by atoms with E-state index in [0.29, 0.717) is 22.8 Å². The van der Waals surface area contributed by atoms with Crippen molar-refractivity contribution in [1.82, 2.24) is 15.0 Å². The third-order valence-corrected chi connectivity index (χ3v) is 4.31. The van der Waals surface area contributed by atoms with Gasteiger partial charge in [0.05, 0.1) is 5.39 Å². The van der Waals surface area contributed by atoms with Crippen LogP contribution in [0.25, 0.3) is 21.7 Å². The number of rotatable bonds is 2. The van der Waals surface area contributed by atoms with Gasteiger partial charge >= 0.3 is 0 Å². The van der Waals surface area contributed by atoms with Crippen LogP contribution in [0.1, 0.15) is 30.2 Å². The Labute approximate surface area is 112 Å². The van der Waals surface area contributed by atoms with E-state index in [1.807, 2.05) is 12.3 Å². The average Bonchev–Trinajstić information content (AvgIpc) is 3.00. The Morgan fingerprint density at radius 3 is 3.05 bits per heavy atom. The summed E-state index contributed by atoms with van der Waals surface area (Å²) < 4.78 is 5.43. The second-order valence-electron chi connectivity index (χ2n) is 4.86. The number of nitrogens with one attached hydrogen (secondary N) is 1. The molecule has 0 bridgehead atoms. The third-order valence-electron chi connectivity index (χ3n) is 3.32. The van der Waals surface area contributed by atoms with Crippen molar-refractivity contribution in [2.24, 2.45) is 0 Å². The highest BCUT2D eigenvalue weighted by Crippen LogP contribution is 2.40. The van der Waals surface area contributed by atoms with E-state index in [2.05, 4.69) is 15.0 Å². The van der Waals surface area contributed by atoms with Crippen molar-refractivity contribution < 1.29 is 4.42 Å². The van der Waals surface area contributed by atoms with E-state index in [4.69, 9.17) is 4.42 Å². The van der Waals surface area contributed by atoms with Gasteiger partial charge in [0.2, 0.25) is 0 Å². The molecule has 1 fully saturated rings. The largest absolute Gasteiger partial charge is 0.448 e. The molecule has 4 rings (SSSR count). The average molecular weight is 273 g/mol. The van der Waals surface area contributed by atoms with Gasteiger partial charge in [-0.05, 0) is 30.7 Å². The van der Waals surface area contributed by atoms with Crippen molar-refractivity contribution in [3.05, 3.63) is 33.5 Å². The summed E-state index contributed by atoms with van der Waals surface area (Å²) in [5.74, 6) is 1.68. The Hall–Kier alpha value is -1.95. The van der Waals surface area contributed by atoms with E-state index in [1.54, 1.807) is 6.26 Å². The quantitative estimate of drug-likeness (QED) is 0.779.